The van der Waals surface area contributed by atoms with Crippen molar-refractivity contribution in [3.63, 3.8) is 0 Å². The van der Waals surface area contributed by atoms with Crippen LogP contribution in [-0.2, 0) is 24.3 Å². The van der Waals surface area contributed by atoms with Crippen molar-refractivity contribution in [3.05, 3.63) is 60.4 Å². The Kier molecular flexibility index (Phi) is 6.20. The third-order valence-electron chi connectivity index (χ3n) is 2.97. The van der Waals surface area contributed by atoms with Crippen molar-refractivity contribution in [1.82, 2.24) is 4.72 Å². The maximum absolute atomic E-state index is 13.4. The largest absolute Gasteiger partial charge is 0.455 e. The van der Waals surface area contributed by atoms with Crippen LogP contribution in [-0.4, -0.2) is 33.4 Å². The molecule has 0 fully saturated rings. The molecule has 7 nitrogen and oxygen atoms in total. The minimum Gasteiger partial charge on any atom is -0.455 e. The molecular weight excluding hydrogens is 351 g/mol. The number of carbonyl (C=O) groups excluding carboxylic acids is 2. The Hall–Kier alpha value is -2.78. The van der Waals surface area contributed by atoms with E-state index in [9.17, 15) is 22.4 Å². The molecule has 0 aliphatic heterocycles. The first-order chi connectivity index (χ1) is 11.9. The molecule has 2 aromatic carbocycles. The predicted molar refractivity (Wildman–Crippen MR) is 87.6 cm³/mol. The lowest BCUT2D eigenvalue weighted by atomic mass is 10.3. The summed E-state index contributed by atoms with van der Waals surface area (Å²) in [5.41, 5.74) is -0.0478. The van der Waals surface area contributed by atoms with Gasteiger partial charge in [0.2, 0.25) is 10.0 Å². The Balaban J connectivity index is 1.79. The van der Waals surface area contributed by atoms with Crippen LogP contribution in [0.1, 0.15) is 0 Å². The van der Waals surface area contributed by atoms with Crippen LogP contribution in [0.4, 0.5) is 10.1 Å². The summed E-state index contributed by atoms with van der Waals surface area (Å²) in [5, 5.41) is 2.23. The Morgan fingerprint density at radius 2 is 1.64 bits per heavy atom. The van der Waals surface area contributed by atoms with Gasteiger partial charge in [-0.05, 0) is 24.3 Å². The fourth-order valence-electron chi connectivity index (χ4n) is 1.78. The number of hydrogen-bond donors (Lipinski definition) is 2. The Morgan fingerprint density at radius 1 is 1.00 bits per heavy atom. The molecular formula is C16H15FN2O5S. The molecule has 0 aromatic heterocycles. The minimum absolute atomic E-state index is 0.0000888. The number of carbonyl (C=O) groups is 2. The molecule has 2 N–H and O–H groups in total. The molecule has 0 aliphatic carbocycles. The highest BCUT2D eigenvalue weighted by Crippen LogP contribution is 2.12. The van der Waals surface area contributed by atoms with E-state index in [1.165, 1.54) is 36.4 Å². The van der Waals surface area contributed by atoms with Gasteiger partial charge in [-0.1, -0.05) is 30.3 Å². The number of esters is 1. The van der Waals surface area contributed by atoms with Crippen LogP contribution in [0.3, 0.4) is 0 Å². The van der Waals surface area contributed by atoms with Crippen molar-refractivity contribution < 1.29 is 27.1 Å². The number of nitrogens with one attached hydrogen (secondary N) is 2. The van der Waals surface area contributed by atoms with Crippen LogP contribution < -0.4 is 10.0 Å². The van der Waals surface area contributed by atoms with Crippen molar-refractivity contribution >= 4 is 27.6 Å². The van der Waals surface area contributed by atoms with Gasteiger partial charge in [-0.25, -0.2) is 12.8 Å². The molecule has 0 spiro atoms. The van der Waals surface area contributed by atoms with E-state index in [1.807, 2.05) is 0 Å². The summed E-state index contributed by atoms with van der Waals surface area (Å²) in [4.78, 5) is 23.1. The van der Waals surface area contributed by atoms with E-state index in [2.05, 4.69) is 14.8 Å². The standard InChI is InChI=1S/C16H15FN2O5S/c17-13-8-4-5-9-14(13)19-15(20)11-24-16(21)10-18-25(22,23)12-6-2-1-3-7-12/h1-9,18H,10-11H2,(H,19,20). The molecule has 0 radical (unpaired) electrons. The maximum Gasteiger partial charge on any atom is 0.321 e. The average molecular weight is 366 g/mol. The molecule has 0 saturated heterocycles. The van der Waals surface area contributed by atoms with Crippen LogP contribution in [0.25, 0.3) is 0 Å². The van der Waals surface area contributed by atoms with Crippen molar-refractivity contribution in [2.24, 2.45) is 0 Å². The Bertz CT molecular complexity index is 856. The van der Waals surface area contributed by atoms with Gasteiger partial charge in [-0.15, -0.1) is 0 Å². The smallest absolute Gasteiger partial charge is 0.321 e. The molecule has 0 atom stereocenters. The van der Waals surface area contributed by atoms with Crippen LogP contribution >= 0.6 is 0 Å². The van der Waals surface area contributed by atoms with Gasteiger partial charge in [0.25, 0.3) is 5.91 Å². The normalized spacial score (nSPS) is 10.9. The quantitative estimate of drug-likeness (QED) is 0.719. The molecule has 0 saturated carbocycles. The van der Waals surface area contributed by atoms with Crippen molar-refractivity contribution in [2.75, 3.05) is 18.5 Å². The molecule has 9 heteroatoms. The van der Waals surface area contributed by atoms with E-state index in [0.717, 1.165) is 0 Å². The molecule has 1 amide bonds. The topological polar surface area (TPSA) is 102 Å². The SMILES string of the molecule is O=C(COC(=O)CNS(=O)(=O)c1ccccc1)Nc1ccccc1F. The number of ether oxygens (including phenoxy) is 1. The number of hydrogen-bond acceptors (Lipinski definition) is 5. The van der Waals surface area contributed by atoms with Crippen molar-refractivity contribution in [2.45, 2.75) is 4.90 Å². The van der Waals surface area contributed by atoms with Crippen molar-refractivity contribution in [1.29, 1.82) is 0 Å². The van der Waals surface area contributed by atoms with E-state index in [1.54, 1.807) is 18.2 Å². The van der Waals surface area contributed by atoms with Gasteiger partial charge >= 0.3 is 5.97 Å². The molecule has 25 heavy (non-hydrogen) atoms. The molecule has 0 unspecified atom stereocenters. The van der Waals surface area contributed by atoms with Crippen LogP contribution in [0.2, 0.25) is 0 Å². The molecule has 0 bridgehead atoms. The highest BCUT2D eigenvalue weighted by Gasteiger charge is 2.16. The van der Waals surface area contributed by atoms with Crippen LogP contribution in [0.15, 0.2) is 59.5 Å². The summed E-state index contributed by atoms with van der Waals surface area (Å²) in [6, 6.07) is 13.0. The highest BCUT2D eigenvalue weighted by molar-refractivity contribution is 7.89. The van der Waals surface area contributed by atoms with Gasteiger partial charge in [0, 0.05) is 0 Å². The fourth-order valence-corrected chi connectivity index (χ4v) is 2.77. The lowest BCUT2D eigenvalue weighted by Gasteiger charge is -2.08. The van der Waals surface area contributed by atoms with Crippen molar-refractivity contribution in [3.8, 4) is 0 Å². The summed E-state index contributed by atoms with van der Waals surface area (Å²) in [6.07, 6.45) is 0. The number of rotatable bonds is 7. The van der Waals surface area contributed by atoms with E-state index in [4.69, 9.17) is 0 Å². The number of benzene rings is 2. The van der Waals surface area contributed by atoms with Gasteiger partial charge in [0.05, 0.1) is 10.6 Å². The third-order valence-corrected chi connectivity index (χ3v) is 4.39. The predicted octanol–water partition coefficient (Wildman–Crippen LogP) is 1.29. The monoisotopic (exact) mass is 366 g/mol. The number of sulfonamides is 1. The second-order valence-electron chi connectivity index (χ2n) is 4.83. The molecule has 0 aliphatic rings. The summed E-state index contributed by atoms with van der Waals surface area (Å²) in [5.74, 6) is -2.31. The zero-order valence-electron chi connectivity index (χ0n) is 12.9. The van der Waals surface area contributed by atoms with Gasteiger partial charge < -0.3 is 10.1 Å². The lowest BCUT2D eigenvalue weighted by molar-refractivity contribution is -0.146. The van der Waals surface area contributed by atoms with E-state index < -0.39 is 40.9 Å². The number of halogens is 1. The highest BCUT2D eigenvalue weighted by atomic mass is 32.2. The summed E-state index contributed by atoms with van der Waals surface area (Å²) >= 11 is 0. The first-order valence-corrected chi connectivity index (χ1v) is 8.61. The van der Waals surface area contributed by atoms with Crippen LogP contribution in [0.5, 0.6) is 0 Å². The van der Waals surface area contributed by atoms with Gasteiger partial charge in [0.15, 0.2) is 6.61 Å². The molecule has 2 aromatic rings. The zero-order chi connectivity index (χ0) is 18.3. The molecule has 0 heterocycles. The number of para-hydroxylation sites is 1. The Labute approximate surface area is 143 Å². The Morgan fingerprint density at radius 3 is 2.32 bits per heavy atom. The second-order valence-corrected chi connectivity index (χ2v) is 6.59. The number of amides is 1. The minimum atomic E-state index is -3.85. The molecule has 132 valence electrons. The van der Waals surface area contributed by atoms with Gasteiger partial charge in [-0.3, -0.25) is 9.59 Å². The average Bonchev–Trinajstić information content (AvgIpc) is 2.61. The maximum atomic E-state index is 13.4. The summed E-state index contributed by atoms with van der Waals surface area (Å²) in [6.45, 7) is -1.30. The fraction of sp³-hybridized carbons (Fsp3) is 0.125. The van der Waals surface area contributed by atoms with E-state index in [-0.39, 0.29) is 10.6 Å². The first kappa shape index (κ1) is 18.6. The third kappa shape index (κ3) is 5.66. The summed E-state index contributed by atoms with van der Waals surface area (Å²) < 4.78 is 43.9. The van der Waals surface area contributed by atoms with E-state index >= 15 is 0 Å². The first-order valence-electron chi connectivity index (χ1n) is 7.13. The lowest BCUT2D eigenvalue weighted by Crippen LogP contribution is -2.32. The molecule has 2 rings (SSSR count). The van der Waals surface area contributed by atoms with Gasteiger partial charge in [-0.2, -0.15) is 4.72 Å². The summed E-state index contributed by atoms with van der Waals surface area (Å²) in [7, 11) is -3.85. The number of anilines is 1. The van der Waals surface area contributed by atoms with Gasteiger partial charge in [0.1, 0.15) is 12.4 Å². The van der Waals surface area contributed by atoms with Crippen LogP contribution in [0, 0.1) is 5.82 Å². The zero-order valence-corrected chi connectivity index (χ0v) is 13.8. The second kappa shape index (κ2) is 8.36. The van der Waals surface area contributed by atoms with E-state index in [0.29, 0.717) is 0 Å².